The van der Waals surface area contributed by atoms with Crippen molar-refractivity contribution in [1.29, 1.82) is 0 Å². The van der Waals surface area contributed by atoms with Crippen LogP contribution in [0, 0.1) is 6.92 Å². The molecule has 0 amide bonds. The Labute approximate surface area is 112 Å². The van der Waals surface area contributed by atoms with Crippen molar-refractivity contribution in [1.82, 2.24) is 14.7 Å². The number of nitrogens with zero attached hydrogens (tertiary/aromatic N) is 1. The predicted octanol–water partition coefficient (Wildman–Crippen LogP) is 1.68. The van der Waals surface area contributed by atoms with Crippen LogP contribution in [0.1, 0.15) is 29.4 Å². The third-order valence-electron chi connectivity index (χ3n) is 3.40. The molecule has 2 N–H and O–H groups in total. The third-order valence-corrected chi connectivity index (χ3v) is 4.78. The summed E-state index contributed by atoms with van der Waals surface area (Å²) in [6, 6.07) is 7.79. The predicted molar refractivity (Wildman–Crippen MR) is 71.2 cm³/mol. The monoisotopic (exact) mass is 277 g/mol. The van der Waals surface area contributed by atoms with Crippen LogP contribution in [-0.4, -0.2) is 18.4 Å². The van der Waals surface area contributed by atoms with E-state index in [2.05, 4.69) is 14.7 Å². The van der Waals surface area contributed by atoms with Crippen LogP contribution in [0.25, 0.3) is 0 Å². The van der Waals surface area contributed by atoms with Crippen LogP contribution in [0.4, 0.5) is 0 Å². The van der Waals surface area contributed by atoms with E-state index in [1.807, 2.05) is 24.3 Å². The van der Waals surface area contributed by atoms with Crippen LogP contribution >= 0.6 is 0 Å². The van der Waals surface area contributed by atoms with E-state index >= 15 is 0 Å². The third kappa shape index (κ3) is 2.29. The van der Waals surface area contributed by atoms with Gasteiger partial charge in [-0.05, 0) is 30.9 Å². The van der Waals surface area contributed by atoms with Gasteiger partial charge in [0, 0.05) is 6.04 Å². The first kappa shape index (κ1) is 12.4. The quantitative estimate of drug-likeness (QED) is 0.896. The summed E-state index contributed by atoms with van der Waals surface area (Å²) in [6.07, 6.45) is 3.05. The Morgan fingerprint density at radius 1 is 1.37 bits per heavy atom. The van der Waals surface area contributed by atoms with Crippen molar-refractivity contribution >= 4 is 10.0 Å². The minimum Gasteiger partial charge on any atom is -0.332 e. The van der Waals surface area contributed by atoms with Gasteiger partial charge >= 0.3 is 0 Å². The molecule has 1 unspecified atom stereocenters. The van der Waals surface area contributed by atoms with Crippen molar-refractivity contribution in [3.05, 3.63) is 47.4 Å². The molecule has 1 aliphatic carbocycles. The molecule has 1 atom stereocenters. The van der Waals surface area contributed by atoms with Crippen molar-refractivity contribution in [2.45, 2.75) is 30.8 Å². The molecule has 100 valence electrons. The molecule has 0 saturated carbocycles. The Morgan fingerprint density at radius 2 is 2.16 bits per heavy atom. The number of hydrogen-bond acceptors (Lipinski definition) is 3. The van der Waals surface area contributed by atoms with Crippen molar-refractivity contribution < 1.29 is 8.42 Å². The smallest absolute Gasteiger partial charge is 0.258 e. The molecule has 5 nitrogen and oxygen atoms in total. The number of sulfonamides is 1. The van der Waals surface area contributed by atoms with Crippen molar-refractivity contribution in [3.63, 3.8) is 0 Å². The molecule has 0 aliphatic heterocycles. The van der Waals surface area contributed by atoms with Gasteiger partial charge in [0.2, 0.25) is 0 Å². The Kier molecular flexibility index (Phi) is 2.91. The number of aromatic amines is 1. The van der Waals surface area contributed by atoms with Gasteiger partial charge in [-0.3, -0.25) is 0 Å². The van der Waals surface area contributed by atoms with E-state index in [0.717, 1.165) is 18.4 Å². The Morgan fingerprint density at radius 3 is 2.89 bits per heavy atom. The summed E-state index contributed by atoms with van der Waals surface area (Å²) in [5.41, 5.74) is 2.29. The summed E-state index contributed by atoms with van der Waals surface area (Å²) in [5.74, 6) is 0.590. The Bertz CT molecular complexity index is 706. The number of nitrogens with one attached hydrogen (secondary N) is 2. The number of H-pyrrole nitrogens is 1. The molecule has 0 bridgehead atoms. The van der Waals surface area contributed by atoms with Crippen molar-refractivity contribution in [2.24, 2.45) is 0 Å². The van der Waals surface area contributed by atoms with Gasteiger partial charge in [-0.15, -0.1) is 0 Å². The lowest BCUT2D eigenvalue weighted by Crippen LogP contribution is -2.27. The second-order valence-corrected chi connectivity index (χ2v) is 6.43. The van der Waals surface area contributed by atoms with Gasteiger partial charge in [0.05, 0.1) is 6.20 Å². The highest BCUT2D eigenvalue weighted by Gasteiger charge is 2.27. The van der Waals surface area contributed by atoms with Gasteiger partial charge in [-0.25, -0.2) is 18.1 Å². The molecule has 6 heteroatoms. The van der Waals surface area contributed by atoms with Crippen LogP contribution in [0.15, 0.2) is 35.5 Å². The zero-order valence-electron chi connectivity index (χ0n) is 10.6. The van der Waals surface area contributed by atoms with Gasteiger partial charge in [-0.1, -0.05) is 24.3 Å². The number of imidazole rings is 1. The van der Waals surface area contributed by atoms with Crippen LogP contribution in [0.3, 0.4) is 0 Å². The first-order valence-electron chi connectivity index (χ1n) is 6.18. The van der Waals surface area contributed by atoms with E-state index in [9.17, 15) is 8.42 Å². The average Bonchev–Trinajstić information content (AvgIpc) is 2.97. The lowest BCUT2D eigenvalue weighted by molar-refractivity contribution is 0.551. The number of hydrogen-bond donors (Lipinski definition) is 2. The minimum absolute atomic E-state index is 0.120. The molecule has 0 spiro atoms. The van der Waals surface area contributed by atoms with Crippen LogP contribution in [0.5, 0.6) is 0 Å². The second kappa shape index (κ2) is 4.47. The van der Waals surface area contributed by atoms with E-state index in [1.54, 1.807) is 6.92 Å². The summed E-state index contributed by atoms with van der Waals surface area (Å²) >= 11 is 0. The maximum absolute atomic E-state index is 12.2. The normalized spacial score (nSPS) is 18.5. The minimum atomic E-state index is -3.53. The zero-order valence-corrected chi connectivity index (χ0v) is 11.4. The van der Waals surface area contributed by atoms with E-state index in [-0.39, 0.29) is 11.1 Å². The fourth-order valence-electron chi connectivity index (χ4n) is 2.47. The second-order valence-electron chi connectivity index (χ2n) is 4.74. The summed E-state index contributed by atoms with van der Waals surface area (Å²) in [5, 5.41) is 0.120. The summed E-state index contributed by atoms with van der Waals surface area (Å²) in [4.78, 5) is 6.68. The molecule has 2 aromatic rings. The van der Waals surface area contributed by atoms with Gasteiger partial charge in [-0.2, -0.15) is 0 Å². The van der Waals surface area contributed by atoms with Crippen LogP contribution in [-0.2, 0) is 16.4 Å². The number of fused-ring (bicyclic) bond motifs is 1. The van der Waals surface area contributed by atoms with Gasteiger partial charge < -0.3 is 4.98 Å². The molecule has 19 heavy (non-hydrogen) atoms. The number of aromatic nitrogens is 2. The molecular formula is C13H15N3O2S. The summed E-state index contributed by atoms with van der Waals surface area (Å²) < 4.78 is 27.2. The average molecular weight is 277 g/mol. The SMILES string of the molecule is Cc1ncc(S(=O)(=O)NC2CCc3ccccc32)[nH]1. The fourth-order valence-corrected chi connectivity index (χ4v) is 3.69. The highest BCUT2D eigenvalue weighted by Crippen LogP contribution is 2.31. The lowest BCUT2D eigenvalue weighted by atomic mass is 10.1. The Balaban J connectivity index is 1.87. The van der Waals surface area contributed by atoms with Gasteiger partial charge in [0.15, 0.2) is 5.03 Å². The van der Waals surface area contributed by atoms with Crippen LogP contribution < -0.4 is 4.72 Å². The fraction of sp³-hybridized carbons (Fsp3) is 0.308. The first-order valence-corrected chi connectivity index (χ1v) is 7.66. The van der Waals surface area contributed by atoms with E-state index in [0.29, 0.717) is 5.82 Å². The first-order chi connectivity index (χ1) is 9.06. The number of rotatable bonds is 3. The van der Waals surface area contributed by atoms with E-state index in [4.69, 9.17) is 0 Å². The topological polar surface area (TPSA) is 74.8 Å². The molecule has 0 saturated heterocycles. The maximum Gasteiger partial charge on any atom is 0.258 e. The van der Waals surface area contributed by atoms with Gasteiger partial charge in [0.1, 0.15) is 5.82 Å². The van der Waals surface area contributed by atoms with Crippen molar-refractivity contribution in [3.8, 4) is 0 Å². The van der Waals surface area contributed by atoms with E-state index in [1.165, 1.54) is 11.8 Å². The molecule has 3 rings (SSSR count). The standard InChI is InChI=1S/C13H15N3O2S/c1-9-14-8-13(15-9)19(17,18)16-12-7-6-10-4-2-3-5-11(10)12/h2-5,8,12,16H,6-7H2,1H3,(H,14,15). The summed E-state index contributed by atoms with van der Waals surface area (Å²) in [6.45, 7) is 1.73. The highest BCUT2D eigenvalue weighted by atomic mass is 32.2. The lowest BCUT2D eigenvalue weighted by Gasteiger charge is -2.13. The number of aryl methyl sites for hydroxylation is 2. The summed E-state index contributed by atoms with van der Waals surface area (Å²) in [7, 11) is -3.53. The molecule has 1 heterocycles. The molecule has 1 aromatic heterocycles. The molecule has 0 radical (unpaired) electrons. The van der Waals surface area contributed by atoms with Crippen molar-refractivity contribution in [2.75, 3.05) is 0 Å². The highest BCUT2D eigenvalue weighted by molar-refractivity contribution is 7.89. The van der Waals surface area contributed by atoms with Crippen LogP contribution in [0.2, 0.25) is 0 Å². The van der Waals surface area contributed by atoms with E-state index < -0.39 is 10.0 Å². The molecular weight excluding hydrogens is 262 g/mol. The molecule has 1 aromatic carbocycles. The molecule has 1 aliphatic rings. The van der Waals surface area contributed by atoms with Gasteiger partial charge in [0.25, 0.3) is 10.0 Å². The zero-order chi connectivity index (χ0) is 13.5. The number of benzene rings is 1. The molecule has 0 fully saturated rings. The Hall–Kier alpha value is -1.66. The largest absolute Gasteiger partial charge is 0.332 e. The maximum atomic E-state index is 12.2.